The van der Waals surface area contributed by atoms with Crippen molar-refractivity contribution in [3.63, 3.8) is 0 Å². The lowest BCUT2D eigenvalue weighted by atomic mass is 10.2. The van der Waals surface area contributed by atoms with E-state index in [4.69, 9.17) is 5.73 Å². The molecule has 2 N–H and O–H groups in total. The molecule has 0 bridgehead atoms. The van der Waals surface area contributed by atoms with E-state index in [0.29, 0.717) is 22.2 Å². The third-order valence-corrected chi connectivity index (χ3v) is 5.00. The van der Waals surface area contributed by atoms with Gasteiger partial charge in [0.2, 0.25) is 0 Å². The van der Waals surface area contributed by atoms with Crippen LogP contribution in [0.15, 0.2) is 58.4 Å². The summed E-state index contributed by atoms with van der Waals surface area (Å²) in [4.78, 5) is 4.61. The minimum atomic E-state index is -0.318. The van der Waals surface area contributed by atoms with Gasteiger partial charge in [-0.25, -0.2) is 9.37 Å². The molecule has 0 aliphatic heterocycles. The first kappa shape index (κ1) is 15.9. The maximum Gasteiger partial charge on any atom is 0.165 e. The summed E-state index contributed by atoms with van der Waals surface area (Å²) in [6.07, 6.45) is 0. The summed E-state index contributed by atoms with van der Waals surface area (Å²) in [6, 6.07) is 13.8. The van der Waals surface area contributed by atoms with E-state index in [1.165, 1.54) is 28.2 Å². The molecule has 0 saturated heterocycles. The van der Waals surface area contributed by atoms with Gasteiger partial charge in [0.15, 0.2) is 11.5 Å². The van der Waals surface area contributed by atoms with Crippen LogP contribution in [0.5, 0.6) is 0 Å². The third kappa shape index (κ3) is 3.06. The van der Waals surface area contributed by atoms with Crippen molar-refractivity contribution >= 4 is 33.1 Å². The van der Waals surface area contributed by atoms with Gasteiger partial charge >= 0.3 is 0 Å². The van der Waals surface area contributed by atoms with Crippen molar-refractivity contribution in [2.24, 2.45) is 0 Å². The predicted molar refractivity (Wildman–Crippen MR) is 100.0 cm³/mol. The highest BCUT2D eigenvalue weighted by molar-refractivity contribution is 9.10. The van der Waals surface area contributed by atoms with E-state index in [2.05, 4.69) is 31.2 Å². The molecule has 0 saturated carbocycles. The van der Waals surface area contributed by atoms with Crippen molar-refractivity contribution in [3.05, 3.63) is 64.2 Å². The van der Waals surface area contributed by atoms with Gasteiger partial charge in [-0.3, -0.25) is 0 Å². The highest BCUT2D eigenvalue weighted by atomic mass is 79.9. The Labute approximate surface area is 155 Å². The van der Waals surface area contributed by atoms with Crippen LogP contribution in [0.3, 0.4) is 0 Å². The molecule has 5 nitrogen and oxygen atoms in total. The Morgan fingerprint density at radius 3 is 2.48 bits per heavy atom. The van der Waals surface area contributed by atoms with Gasteiger partial charge < -0.3 is 5.73 Å². The summed E-state index contributed by atoms with van der Waals surface area (Å²) in [6.45, 7) is 0. The molecule has 0 fully saturated rings. The average molecular weight is 416 g/mol. The molecule has 2 aromatic carbocycles. The van der Waals surface area contributed by atoms with E-state index in [1.807, 2.05) is 29.6 Å². The van der Waals surface area contributed by atoms with Crippen molar-refractivity contribution < 1.29 is 4.39 Å². The molecular formula is C17H11BrFN5S. The number of hydrogen-bond donors (Lipinski definition) is 1. The summed E-state index contributed by atoms with van der Waals surface area (Å²) in [5.74, 6) is 0.0463. The summed E-state index contributed by atoms with van der Waals surface area (Å²) in [5.41, 5.74) is 9.19. The fourth-order valence-corrected chi connectivity index (χ4v) is 3.43. The van der Waals surface area contributed by atoms with E-state index in [0.717, 1.165) is 15.7 Å². The summed E-state index contributed by atoms with van der Waals surface area (Å²) >= 11 is 4.87. The van der Waals surface area contributed by atoms with E-state index in [-0.39, 0.29) is 5.82 Å². The van der Waals surface area contributed by atoms with Gasteiger partial charge in [0.05, 0.1) is 11.4 Å². The summed E-state index contributed by atoms with van der Waals surface area (Å²) in [7, 11) is 0. The van der Waals surface area contributed by atoms with Crippen LogP contribution < -0.4 is 5.73 Å². The van der Waals surface area contributed by atoms with Crippen LogP contribution in [0.2, 0.25) is 0 Å². The van der Waals surface area contributed by atoms with Gasteiger partial charge in [-0.2, -0.15) is 4.68 Å². The molecule has 4 aromatic rings. The van der Waals surface area contributed by atoms with E-state index in [9.17, 15) is 4.39 Å². The zero-order valence-electron chi connectivity index (χ0n) is 12.7. The number of halogens is 2. The van der Waals surface area contributed by atoms with Crippen molar-refractivity contribution in [2.45, 2.75) is 0 Å². The van der Waals surface area contributed by atoms with Gasteiger partial charge in [-0.1, -0.05) is 33.3 Å². The minimum absolute atomic E-state index is 0.318. The number of aromatic nitrogens is 4. The fourth-order valence-electron chi connectivity index (χ4n) is 2.35. The monoisotopic (exact) mass is 415 g/mol. The normalized spacial score (nSPS) is 11.0. The van der Waals surface area contributed by atoms with E-state index >= 15 is 0 Å². The average Bonchev–Trinajstić information content (AvgIpc) is 3.23. The number of hydrogen-bond acceptors (Lipinski definition) is 5. The fraction of sp³-hybridized carbons (Fsp3) is 0. The number of nitrogen functional groups attached to an aromatic ring is 1. The van der Waals surface area contributed by atoms with Crippen LogP contribution in [-0.4, -0.2) is 20.0 Å². The van der Waals surface area contributed by atoms with Gasteiger partial charge in [-0.15, -0.1) is 16.4 Å². The zero-order chi connectivity index (χ0) is 17.4. The first-order valence-corrected chi connectivity index (χ1v) is 8.98. The van der Waals surface area contributed by atoms with Crippen molar-refractivity contribution in [1.29, 1.82) is 0 Å². The van der Waals surface area contributed by atoms with Gasteiger partial charge in [0, 0.05) is 15.4 Å². The van der Waals surface area contributed by atoms with Gasteiger partial charge in [0.1, 0.15) is 10.8 Å². The Hall–Kier alpha value is -2.58. The third-order valence-electron chi connectivity index (χ3n) is 3.62. The van der Waals surface area contributed by atoms with Crippen LogP contribution >= 0.6 is 27.3 Å². The molecule has 0 unspecified atom stereocenters. The second-order valence-corrected chi connectivity index (χ2v) is 7.03. The maximum absolute atomic E-state index is 13.1. The highest BCUT2D eigenvalue weighted by Gasteiger charge is 2.17. The van der Waals surface area contributed by atoms with Crippen LogP contribution in [0, 0.1) is 5.82 Å². The number of nitrogens with two attached hydrogens (primary N) is 1. The topological polar surface area (TPSA) is 69.6 Å². The lowest BCUT2D eigenvalue weighted by Gasteiger charge is -2.02. The molecule has 2 aromatic heterocycles. The van der Waals surface area contributed by atoms with Crippen LogP contribution in [0.4, 0.5) is 10.2 Å². The van der Waals surface area contributed by atoms with E-state index < -0.39 is 0 Å². The van der Waals surface area contributed by atoms with Crippen LogP contribution in [-0.2, 0) is 0 Å². The molecule has 2 heterocycles. The Kier molecular flexibility index (Phi) is 4.06. The number of nitrogens with zero attached hydrogens (tertiary/aromatic N) is 4. The van der Waals surface area contributed by atoms with E-state index in [1.54, 1.807) is 12.1 Å². The second-order valence-electron chi connectivity index (χ2n) is 5.26. The SMILES string of the molecule is Nc1c(-c2nc(-c3ccc(Br)cc3)cs2)nnn1-c1ccc(F)cc1. The second kappa shape index (κ2) is 6.38. The number of rotatable bonds is 3. The molecule has 0 amide bonds. The molecule has 0 aliphatic rings. The summed E-state index contributed by atoms with van der Waals surface area (Å²) < 4.78 is 15.6. The van der Waals surface area contributed by atoms with Crippen LogP contribution in [0.1, 0.15) is 0 Å². The first-order chi connectivity index (χ1) is 12.1. The number of thiazole rings is 1. The molecule has 4 rings (SSSR count). The first-order valence-electron chi connectivity index (χ1n) is 7.31. The van der Waals surface area contributed by atoms with Crippen LogP contribution in [0.25, 0.3) is 27.6 Å². The minimum Gasteiger partial charge on any atom is -0.382 e. The number of anilines is 1. The lowest BCUT2D eigenvalue weighted by Crippen LogP contribution is -2.02. The smallest absolute Gasteiger partial charge is 0.165 e. The molecule has 8 heteroatoms. The maximum atomic E-state index is 13.1. The lowest BCUT2D eigenvalue weighted by molar-refractivity contribution is 0.627. The Balaban J connectivity index is 1.69. The van der Waals surface area contributed by atoms with Crippen molar-refractivity contribution in [3.8, 4) is 27.6 Å². The molecule has 0 spiro atoms. The molecule has 0 atom stereocenters. The molecule has 124 valence electrons. The Morgan fingerprint density at radius 2 is 1.76 bits per heavy atom. The number of benzene rings is 2. The Bertz CT molecular complexity index is 1020. The Morgan fingerprint density at radius 1 is 1.04 bits per heavy atom. The van der Waals surface area contributed by atoms with Gasteiger partial charge in [0.25, 0.3) is 0 Å². The zero-order valence-corrected chi connectivity index (χ0v) is 15.1. The van der Waals surface area contributed by atoms with Crippen molar-refractivity contribution in [2.75, 3.05) is 5.73 Å². The molecule has 0 radical (unpaired) electrons. The highest BCUT2D eigenvalue weighted by Crippen LogP contribution is 2.31. The largest absolute Gasteiger partial charge is 0.382 e. The summed E-state index contributed by atoms with van der Waals surface area (Å²) in [5, 5.41) is 10.8. The molecular weight excluding hydrogens is 405 g/mol. The van der Waals surface area contributed by atoms with Crippen molar-refractivity contribution in [1.82, 2.24) is 20.0 Å². The predicted octanol–water partition coefficient (Wildman–Crippen LogP) is 4.54. The standard InChI is InChI=1S/C17H11BrFN5S/c18-11-3-1-10(2-4-11)14-9-25-17(21-14)15-16(20)24(23-22-15)13-7-5-12(19)6-8-13/h1-9H,20H2. The van der Waals surface area contributed by atoms with Gasteiger partial charge in [-0.05, 0) is 36.4 Å². The molecule has 25 heavy (non-hydrogen) atoms. The molecule has 0 aliphatic carbocycles. The quantitative estimate of drug-likeness (QED) is 0.533.